The van der Waals surface area contributed by atoms with Crippen LogP contribution in [0.5, 0.6) is 11.5 Å². The molecule has 7 nitrogen and oxygen atoms in total. The number of nitrogens with one attached hydrogen (secondary N) is 1. The van der Waals surface area contributed by atoms with Gasteiger partial charge in [0.15, 0.2) is 11.5 Å². The molecule has 0 bridgehead atoms. The van der Waals surface area contributed by atoms with Crippen molar-refractivity contribution >= 4 is 15.9 Å². The van der Waals surface area contributed by atoms with Crippen molar-refractivity contribution in [3.63, 3.8) is 0 Å². The van der Waals surface area contributed by atoms with Crippen LogP contribution in [0.4, 0.5) is 0 Å². The summed E-state index contributed by atoms with van der Waals surface area (Å²) in [6, 6.07) is 11.3. The maximum absolute atomic E-state index is 12.6. The summed E-state index contributed by atoms with van der Waals surface area (Å²) in [6.07, 6.45) is 0. The number of nitrogens with two attached hydrogens (primary N) is 1. The van der Waals surface area contributed by atoms with E-state index in [0.29, 0.717) is 11.3 Å². The van der Waals surface area contributed by atoms with Gasteiger partial charge in [-0.2, -0.15) is 4.72 Å². The SMILES string of the molecule is COc1ccc(S(=O)(=O)NC(C(N)=O)c2ccccc2)cc1OC. The van der Waals surface area contributed by atoms with E-state index in [1.165, 1.54) is 32.4 Å². The van der Waals surface area contributed by atoms with E-state index < -0.39 is 22.0 Å². The number of methoxy groups -OCH3 is 2. The molecule has 0 fully saturated rings. The van der Waals surface area contributed by atoms with Crippen LogP contribution in [0.2, 0.25) is 0 Å². The summed E-state index contributed by atoms with van der Waals surface area (Å²) in [5.74, 6) is -0.146. The van der Waals surface area contributed by atoms with Crippen LogP contribution in [-0.2, 0) is 14.8 Å². The quantitative estimate of drug-likeness (QED) is 0.780. The highest BCUT2D eigenvalue weighted by atomic mass is 32.2. The van der Waals surface area contributed by atoms with Crippen molar-refractivity contribution in [3.8, 4) is 11.5 Å². The van der Waals surface area contributed by atoms with E-state index in [1.54, 1.807) is 30.3 Å². The predicted molar refractivity (Wildman–Crippen MR) is 88.2 cm³/mol. The van der Waals surface area contributed by atoms with E-state index in [9.17, 15) is 13.2 Å². The lowest BCUT2D eigenvalue weighted by molar-refractivity contribution is -0.119. The monoisotopic (exact) mass is 350 g/mol. The first kappa shape index (κ1) is 17.8. The summed E-state index contributed by atoms with van der Waals surface area (Å²) >= 11 is 0. The fourth-order valence-corrected chi connectivity index (χ4v) is 3.35. The van der Waals surface area contributed by atoms with Crippen molar-refractivity contribution in [1.82, 2.24) is 4.72 Å². The molecule has 0 aliphatic rings. The van der Waals surface area contributed by atoms with E-state index in [0.717, 1.165) is 0 Å². The van der Waals surface area contributed by atoms with Gasteiger partial charge in [-0.15, -0.1) is 0 Å². The zero-order chi connectivity index (χ0) is 17.7. The third-order valence-corrected chi connectivity index (χ3v) is 4.78. The zero-order valence-corrected chi connectivity index (χ0v) is 14.0. The Morgan fingerprint density at radius 3 is 2.21 bits per heavy atom. The van der Waals surface area contributed by atoms with Gasteiger partial charge in [0, 0.05) is 6.07 Å². The average molecular weight is 350 g/mol. The van der Waals surface area contributed by atoms with Crippen molar-refractivity contribution in [2.75, 3.05) is 14.2 Å². The van der Waals surface area contributed by atoms with E-state index in [4.69, 9.17) is 15.2 Å². The Kier molecular flexibility index (Phi) is 5.42. The Bertz CT molecular complexity index is 822. The van der Waals surface area contributed by atoms with Crippen LogP contribution < -0.4 is 19.9 Å². The number of hydrogen-bond acceptors (Lipinski definition) is 5. The zero-order valence-electron chi connectivity index (χ0n) is 13.2. The van der Waals surface area contributed by atoms with Gasteiger partial charge in [-0.3, -0.25) is 4.79 Å². The van der Waals surface area contributed by atoms with Crippen LogP contribution in [-0.4, -0.2) is 28.5 Å². The molecule has 1 atom stereocenters. The molecule has 1 unspecified atom stereocenters. The largest absolute Gasteiger partial charge is 0.493 e. The number of carbonyl (C=O) groups is 1. The molecule has 3 N–H and O–H groups in total. The Morgan fingerprint density at radius 1 is 1.04 bits per heavy atom. The van der Waals surface area contributed by atoms with Gasteiger partial charge < -0.3 is 15.2 Å². The van der Waals surface area contributed by atoms with Gasteiger partial charge in [0.1, 0.15) is 6.04 Å². The number of benzene rings is 2. The highest BCUT2D eigenvalue weighted by Gasteiger charge is 2.26. The lowest BCUT2D eigenvalue weighted by Gasteiger charge is -2.17. The minimum atomic E-state index is -4.00. The van der Waals surface area contributed by atoms with Crippen molar-refractivity contribution in [2.24, 2.45) is 5.73 Å². The minimum absolute atomic E-state index is 0.0673. The van der Waals surface area contributed by atoms with Gasteiger partial charge in [0.05, 0.1) is 19.1 Å². The van der Waals surface area contributed by atoms with Crippen molar-refractivity contribution in [1.29, 1.82) is 0 Å². The summed E-state index contributed by atoms with van der Waals surface area (Å²) < 4.78 is 37.6. The topological polar surface area (TPSA) is 108 Å². The first-order valence-corrected chi connectivity index (χ1v) is 8.46. The second-order valence-electron chi connectivity index (χ2n) is 4.88. The van der Waals surface area contributed by atoms with E-state index >= 15 is 0 Å². The lowest BCUT2D eigenvalue weighted by atomic mass is 10.1. The normalized spacial score (nSPS) is 12.4. The van der Waals surface area contributed by atoms with Crippen LogP contribution in [0, 0.1) is 0 Å². The summed E-state index contributed by atoms with van der Waals surface area (Å²) in [5, 5.41) is 0. The fourth-order valence-electron chi connectivity index (χ4n) is 2.14. The van der Waals surface area contributed by atoms with Gasteiger partial charge in [-0.1, -0.05) is 30.3 Å². The maximum atomic E-state index is 12.6. The smallest absolute Gasteiger partial charge is 0.241 e. The molecule has 2 aromatic carbocycles. The standard InChI is InChI=1S/C16H18N2O5S/c1-22-13-9-8-12(10-14(13)23-2)24(20,21)18-15(16(17)19)11-6-4-3-5-7-11/h3-10,15,18H,1-2H3,(H2,17,19). The first-order chi connectivity index (χ1) is 11.4. The number of rotatable bonds is 7. The Hall–Kier alpha value is -2.58. The summed E-state index contributed by atoms with van der Waals surface area (Å²) in [6.45, 7) is 0. The second kappa shape index (κ2) is 7.33. The predicted octanol–water partition coefficient (Wildman–Crippen LogP) is 1.21. The number of carbonyl (C=O) groups excluding carboxylic acids is 1. The molecular weight excluding hydrogens is 332 g/mol. The molecule has 0 heterocycles. The number of ether oxygens (including phenoxy) is 2. The minimum Gasteiger partial charge on any atom is -0.493 e. The van der Waals surface area contributed by atoms with Crippen molar-refractivity contribution in [3.05, 3.63) is 54.1 Å². The number of primary amides is 1. The van der Waals surface area contributed by atoms with Crippen LogP contribution in [0.25, 0.3) is 0 Å². The maximum Gasteiger partial charge on any atom is 0.241 e. The van der Waals surface area contributed by atoms with Gasteiger partial charge in [0.2, 0.25) is 15.9 Å². The Labute approximate surface area is 140 Å². The molecule has 0 aliphatic carbocycles. The summed E-state index contributed by atoms with van der Waals surface area (Å²) in [7, 11) is -1.15. The summed E-state index contributed by atoms with van der Waals surface area (Å²) in [5.41, 5.74) is 5.80. The number of amides is 1. The average Bonchev–Trinajstić information content (AvgIpc) is 2.59. The first-order valence-electron chi connectivity index (χ1n) is 6.97. The van der Waals surface area contributed by atoms with E-state index in [2.05, 4.69) is 4.72 Å². The second-order valence-corrected chi connectivity index (χ2v) is 6.60. The Morgan fingerprint density at radius 2 is 1.67 bits per heavy atom. The van der Waals surface area contributed by atoms with Crippen molar-refractivity contribution in [2.45, 2.75) is 10.9 Å². The molecule has 2 aromatic rings. The molecule has 1 amide bonds. The molecule has 8 heteroatoms. The van der Waals surface area contributed by atoms with Crippen LogP contribution in [0.15, 0.2) is 53.4 Å². The molecule has 0 radical (unpaired) electrons. The molecule has 0 aromatic heterocycles. The number of sulfonamides is 1. The Balaban J connectivity index is 2.37. The molecule has 128 valence electrons. The van der Waals surface area contributed by atoms with Crippen LogP contribution in [0.3, 0.4) is 0 Å². The molecule has 24 heavy (non-hydrogen) atoms. The van der Waals surface area contributed by atoms with Gasteiger partial charge in [-0.05, 0) is 17.7 Å². The lowest BCUT2D eigenvalue weighted by Crippen LogP contribution is -2.37. The molecule has 0 spiro atoms. The highest BCUT2D eigenvalue weighted by molar-refractivity contribution is 7.89. The molecular formula is C16H18N2O5S. The third kappa shape index (κ3) is 3.84. The molecule has 0 saturated heterocycles. The van der Waals surface area contributed by atoms with Crippen LogP contribution >= 0.6 is 0 Å². The van der Waals surface area contributed by atoms with Crippen molar-refractivity contribution < 1.29 is 22.7 Å². The number of hydrogen-bond donors (Lipinski definition) is 2. The van der Waals surface area contributed by atoms with Gasteiger partial charge >= 0.3 is 0 Å². The summed E-state index contributed by atoms with van der Waals surface area (Å²) in [4.78, 5) is 11.6. The van der Waals surface area contributed by atoms with Crippen LogP contribution in [0.1, 0.15) is 11.6 Å². The fraction of sp³-hybridized carbons (Fsp3) is 0.188. The van der Waals surface area contributed by atoms with E-state index in [1.807, 2.05) is 0 Å². The van der Waals surface area contributed by atoms with E-state index in [-0.39, 0.29) is 10.6 Å². The molecule has 0 saturated carbocycles. The third-order valence-electron chi connectivity index (χ3n) is 3.36. The molecule has 0 aliphatic heterocycles. The molecule has 2 rings (SSSR count). The van der Waals surface area contributed by atoms with Gasteiger partial charge in [-0.25, -0.2) is 8.42 Å². The highest BCUT2D eigenvalue weighted by Crippen LogP contribution is 2.29. The van der Waals surface area contributed by atoms with Gasteiger partial charge in [0.25, 0.3) is 0 Å².